The molecule has 0 unspecified atom stereocenters. The first-order chi connectivity index (χ1) is 9.86. The van der Waals surface area contributed by atoms with Crippen molar-refractivity contribution in [2.75, 3.05) is 39.6 Å². The van der Waals surface area contributed by atoms with E-state index in [9.17, 15) is 0 Å². The average Bonchev–Trinajstić information content (AvgIpc) is 2.93. The normalized spacial score (nSPS) is 11.1. The Morgan fingerprint density at radius 3 is 2.30 bits per heavy atom. The Labute approximate surface area is 120 Å². The van der Waals surface area contributed by atoms with Crippen LogP contribution in [0.4, 0.5) is 0 Å². The molecule has 1 rings (SSSR count). The van der Waals surface area contributed by atoms with E-state index in [4.69, 9.17) is 19.3 Å². The molecule has 1 aromatic rings. The lowest BCUT2D eigenvalue weighted by Crippen LogP contribution is -2.12. The van der Waals surface area contributed by atoms with Crippen LogP contribution in [0.15, 0.2) is 12.5 Å². The van der Waals surface area contributed by atoms with Gasteiger partial charge < -0.3 is 23.9 Å². The molecular formula is C14H26N2O4. The van der Waals surface area contributed by atoms with Gasteiger partial charge in [0.15, 0.2) is 0 Å². The quantitative estimate of drug-likeness (QED) is 0.552. The SMILES string of the molecule is CCCCOCCOCCOCCn1cnc(CO)c1. The highest BCUT2D eigenvalue weighted by atomic mass is 16.5. The summed E-state index contributed by atoms with van der Waals surface area (Å²) in [5, 5.41) is 8.88. The number of unbranched alkanes of at least 4 members (excludes halogenated alkanes) is 1. The topological polar surface area (TPSA) is 65.7 Å². The van der Waals surface area contributed by atoms with Crippen molar-refractivity contribution in [3.8, 4) is 0 Å². The van der Waals surface area contributed by atoms with Crippen molar-refractivity contribution in [3.05, 3.63) is 18.2 Å². The summed E-state index contributed by atoms with van der Waals surface area (Å²) in [6, 6.07) is 0. The van der Waals surface area contributed by atoms with E-state index in [1.165, 1.54) is 0 Å². The first kappa shape index (κ1) is 17.1. The van der Waals surface area contributed by atoms with E-state index in [-0.39, 0.29) is 6.61 Å². The van der Waals surface area contributed by atoms with Gasteiger partial charge in [-0.1, -0.05) is 13.3 Å². The second kappa shape index (κ2) is 11.8. The first-order valence-corrected chi connectivity index (χ1v) is 7.21. The Morgan fingerprint density at radius 2 is 1.70 bits per heavy atom. The lowest BCUT2D eigenvalue weighted by atomic mass is 10.4. The third-order valence-corrected chi connectivity index (χ3v) is 2.73. The standard InChI is InChI=1S/C14H26N2O4/c1-2-3-5-18-7-9-20-10-8-19-6-4-16-11-14(12-17)15-13-16/h11,13,17H,2-10,12H2,1H3. The Bertz CT molecular complexity index is 331. The Hall–Kier alpha value is -0.950. The highest BCUT2D eigenvalue weighted by Gasteiger charge is 1.97. The maximum absolute atomic E-state index is 8.88. The van der Waals surface area contributed by atoms with Gasteiger partial charge in [-0.2, -0.15) is 0 Å². The van der Waals surface area contributed by atoms with Crippen LogP contribution in [0.1, 0.15) is 25.5 Å². The lowest BCUT2D eigenvalue weighted by molar-refractivity contribution is 0.0127. The molecule has 0 aromatic carbocycles. The van der Waals surface area contributed by atoms with E-state index < -0.39 is 0 Å². The molecule has 0 saturated heterocycles. The van der Waals surface area contributed by atoms with E-state index in [0.29, 0.717) is 38.7 Å². The van der Waals surface area contributed by atoms with Crippen LogP contribution in [0, 0.1) is 0 Å². The zero-order valence-electron chi connectivity index (χ0n) is 12.3. The van der Waals surface area contributed by atoms with Crippen LogP contribution in [0.2, 0.25) is 0 Å². The van der Waals surface area contributed by atoms with Crippen LogP contribution in [0.5, 0.6) is 0 Å². The molecule has 0 spiro atoms. The number of nitrogens with zero attached hydrogens (tertiary/aromatic N) is 2. The number of rotatable bonds is 13. The highest BCUT2D eigenvalue weighted by molar-refractivity contribution is 4.93. The minimum atomic E-state index is -0.0258. The third-order valence-electron chi connectivity index (χ3n) is 2.73. The fraction of sp³-hybridized carbons (Fsp3) is 0.786. The Balaban J connectivity index is 1.83. The molecule has 6 heteroatoms. The second-order valence-electron chi connectivity index (χ2n) is 4.45. The molecule has 20 heavy (non-hydrogen) atoms. The molecular weight excluding hydrogens is 260 g/mol. The molecule has 0 radical (unpaired) electrons. The minimum absolute atomic E-state index is 0.0258. The van der Waals surface area contributed by atoms with E-state index >= 15 is 0 Å². The third kappa shape index (κ3) is 8.27. The number of imidazole rings is 1. The van der Waals surface area contributed by atoms with Crippen molar-refractivity contribution in [1.82, 2.24) is 9.55 Å². The summed E-state index contributed by atoms with van der Waals surface area (Å²) in [7, 11) is 0. The molecule has 1 N–H and O–H groups in total. The van der Waals surface area contributed by atoms with E-state index in [2.05, 4.69) is 11.9 Å². The summed E-state index contributed by atoms with van der Waals surface area (Å²) < 4.78 is 18.1. The predicted octanol–water partition coefficient (Wildman–Crippen LogP) is 1.23. The fourth-order valence-corrected chi connectivity index (χ4v) is 1.57. The van der Waals surface area contributed by atoms with Crippen molar-refractivity contribution in [3.63, 3.8) is 0 Å². The zero-order chi connectivity index (χ0) is 14.5. The molecule has 0 aliphatic carbocycles. The first-order valence-electron chi connectivity index (χ1n) is 7.21. The maximum atomic E-state index is 8.88. The van der Waals surface area contributed by atoms with Gasteiger partial charge in [0.25, 0.3) is 0 Å². The Kier molecular flexibility index (Phi) is 10.1. The van der Waals surface area contributed by atoms with Crippen LogP contribution < -0.4 is 0 Å². The van der Waals surface area contributed by atoms with E-state index in [1.807, 2.05) is 10.8 Å². The summed E-state index contributed by atoms with van der Waals surface area (Å²) in [5.41, 5.74) is 0.677. The molecule has 0 fully saturated rings. The molecule has 1 heterocycles. The maximum Gasteiger partial charge on any atom is 0.0951 e. The smallest absolute Gasteiger partial charge is 0.0951 e. The summed E-state index contributed by atoms with van der Waals surface area (Å²) in [4.78, 5) is 4.02. The number of aromatic nitrogens is 2. The average molecular weight is 286 g/mol. The van der Waals surface area contributed by atoms with Gasteiger partial charge in [0.1, 0.15) is 0 Å². The van der Waals surface area contributed by atoms with Crippen LogP contribution >= 0.6 is 0 Å². The van der Waals surface area contributed by atoms with Gasteiger partial charge in [0.2, 0.25) is 0 Å². The van der Waals surface area contributed by atoms with Gasteiger partial charge in [-0.25, -0.2) is 4.98 Å². The zero-order valence-corrected chi connectivity index (χ0v) is 12.3. The van der Waals surface area contributed by atoms with Crippen LogP contribution in [0.3, 0.4) is 0 Å². The fourth-order valence-electron chi connectivity index (χ4n) is 1.57. The molecule has 0 aliphatic rings. The number of hydrogen-bond acceptors (Lipinski definition) is 5. The summed E-state index contributed by atoms with van der Waals surface area (Å²) >= 11 is 0. The minimum Gasteiger partial charge on any atom is -0.390 e. The second-order valence-corrected chi connectivity index (χ2v) is 4.45. The van der Waals surface area contributed by atoms with Crippen molar-refractivity contribution in [2.24, 2.45) is 0 Å². The van der Waals surface area contributed by atoms with Crippen molar-refractivity contribution < 1.29 is 19.3 Å². The molecule has 1 aromatic heterocycles. The molecule has 0 bridgehead atoms. The van der Waals surface area contributed by atoms with Gasteiger partial charge in [-0.3, -0.25) is 0 Å². The van der Waals surface area contributed by atoms with Crippen molar-refractivity contribution in [1.29, 1.82) is 0 Å². The Morgan fingerprint density at radius 1 is 1.05 bits per heavy atom. The summed E-state index contributed by atoms with van der Waals surface area (Å²) in [5.74, 6) is 0. The van der Waals surface area contributed by atoms with Crippen molar-refractivity contribution >= 4 is 0 Å². The largest absolute Gasteiger partial charge is 0.390 e. The van der Waals surface area contributed by atoms with E-state index in [0.717, 1.165) is 26.0 Å². The van der Waals surface area contributed by atoms with Gasteiger partial charge in [0.05, 0.1) is 51.7 Å². The molecule has 0 saturated carbocycles. The van der Waals surface area contributed by atoms with Gasteiger partial charge in [-0.15, -0.1) is 0 Å². The van der Waals surface area contributed by atoms with Crippen LogP contribution in [-0.2, 0) is 27.4 Å². The van der Waals surface area contributed by atoms with Gasteiger partial charge in [0, 0.05) is 19.3 Å². The number of aliphatic hydroxyl groups excluding tert-OH is 1. The van der Waals surface area contributed by atoms with Gasteiger partial charge in [-0.05, 0) is 6.42 Å². The molecule has 0 aliphatic heterocycles. The highest BCUT2D eigenvalue weighted by Crippen LogP contribution is 1.95. The molecule has 0 amide bonds. The number of hydrogen-bond donors (Lipinski definition) is 1. The molecule has 0 atom stereocenters. The summed E-state index contributed by atoms with van der Waals surface area (Å²) in [6.45, 7) is 6.71. The van der Waals surface area contributed by atoms with Gasteiger partial charge >= 0.3 is 0 Å². The monoisotopic (exact) mass is 286 g/mol. The van der Waals surface area contributed by atoms with Crippen molar-refractivity contribution in [2.45, 2.75) is 32.9 Å². The lowest BCUT2D eigenvalue weighted by Gasteiger charge is -2.07. The predicted molar refractivity (Wildman–Crippen MR) is 75.5 cm³/mol. The number of ether oxygens (including phenoxy) is 3. The number of aliphatic hydroxyl groups is 1. The van der Waals surface area contributed by atoms with Crippen LogP contribution in [0.25, 0.3) is 0 Å². The molecule has 116 valence electrons. The summed E-state index contributed by atoms with van der Waals surface area (Å²) in [6.07, 6.45) is 5.77. The van der Waals surface area contributed by atoms with Crippen LogP contribution in [-0.4, -0.2) is 54.3 Å². The van der Waals surface area contributed by atoms with E-state index in [1.54, 1.807) is 6.33 Å². The molecule has 6 nitrogen and oxygen atoms in total.